The molecule has 0 radical (unpaired) electrons. The first-order chi connectivity index (χ1) is 12.5. The van der Waals surface area contributed by atoms with Crippen molar-refractivity contribution in [1.82, 2.24) is 0 Å². The molecule has 26 heavy (non-hydrogen) atoms. The minimum atomic E-state index is -3.81. The molecule has 0 aromatic heterocycles. The van der Waals surface area contributed by atoms with E-state index >= 15 is 0 Å². The summed E-state index contributed by atoms with van der Waals surface area (Å²) in [6.45, 7) is 0. The van der Waals surface area contributed by atoms with Crippen LogP contribution in [0.4, 0.5) is 0 Å². The van der Waals surface area contributed by atoms with E-state index in [1.807, 2.05) is 48.5 Å². The van der Waals surface area contributed by atoms with Crippen LogP contribution in [-0.2, 0) is 26.5 Å². The maximum absolute atomic E-state index is 13.5. The summed E-state index contributed by atoms with van der Waals surface area (Å²) >= 11 is 3.38. The fourth-order valence-corrected chi connectivity index (χ4v) is 5.03. The standard InChI is InChI=1S/C21H20BrNO2S/c22-16-18-11-13-20(14-12-18)26(24,25)21(23,19-9-5-2-6-10-19)15-17-7-3-1-4-8-17/h1-14H,15-16,23H2. The molecule has 0 bridgehead atoms. The van der Waals surface area contributed by atoms with E-state index in [1.54, 1.807) is 36.4 Å². The number of hydrogen-bond donors (Lipinski definition) is 1. The van der Waals surface area contributed by atoms with Gasteiger partial charge in [0.25, 0.3) is 0 Å². The zero-order valence-corrected chi connectivity index (χ0v) is 16.6. The van der Waals surface area contributed by atoms with Gasteiger partial charge in [0.1, 0.15) is 0 Å². The van der Waals surface area contributed by atoms with Crippen molar-refractivity contribution in [2.45, 2.75) is 21.5 Å². The Bertz CT molecular complexity index is 958. The van der Waals surface area contributed by atoms with Gasteiger partial charge in [-0.3, -0.25) is 0 Å². The summed E-state index contributed by atoms with van der Waals surface area (Å²) in [5, 5.41) is 0.670. The lowest BCUT2D eigenvalue weighted by atomic mass is 9.99. The Morgan fingerprint density at radius 3 is 1.85 bits per heavy atom. The van der Waals surface area contributed by atoms with Crippen LogP contribution < -0.4 is 5.73 Å². The highest BCUT2D eigenvalue weighted by Gasteiger charge is 2.42. The first-order valence-electron chi connectivity index (χ1n) is 8.25. The quantitative estimate of drug-likeness (QED) is 0.590. The average molecular weight is 430 g/mol. The van der Waals surface area contributed by atoms with Gasteiger partial charge in [-0.05, 0) is 28.8 Å². The van der Waals surface area contributed by atoms with Gasteiger partial charge in [0.05, 0.1) is 4.90 Å². The Morgan fingerprint density at radius 2 is 1.31 bits per heavy atom. The molecule has 0 spiro atoms. The van der Waals surface area contributed by atoms with Gasteiger partial charge in [-0.1, -0.05) is 88.7 Å². The molecular weight excluding hydrogens is 410 g/mol. The normalized spacial score (nSPS) is 13.9. The molecule has 2 N–H and O–H groups in total. The summed E-state index contributed by atoms with van der Waals surface area (Å²) < 4.78 is 27.0. The Labute approximate surface area is 162 Å². The van der Waals surface area contributed by atoms with E-state index in [-0.39, 0.29) is 11.3 Å². The minimum absolute atomic E-state index is 0.195. The number of benzene rings is 3. The number of rotatable bonds is 6. The summed E-state index contributed by atoms with van der Waals surface area (Å²) in [7, 11) is -3.81. The molecule has 0 saturated carbocycles. The number of halogens is 1. The predicted molar refractivity (Wildman–Crippen MR) is 109 cm³/mol. The van der Waals surface area contributed by atoms with E-state index in [0.29, 0.717) is 10.9 Å². The van der Waals surface area contributed by atoms with Crippen LogP contribution in [0, 0.1) is 0 Å². The molecule has 5 heteroatoms. The molecule has 0 aliphatic heterocycles. The van der Waals surface area contributed by atoms with Gasteiger partial charge in [0.15, 0.2) is 4.87 Å². The summed E-state index contributed by atoms with van der Waals surface area (Å²) in [5.41, 5.74) is 9.09. The van der Waals surface area contributed by atoms with Crippen molar-refractivity contribution < 1.29 is 8.42 Å². The average Bonchev–Trinajstić information content (AvgIpc) is 2.69. The second-order valence-corrected chi connectivity index (χ2v) is 8.97. The number of nitrogens with two attached hydrogens (primary N) is 1. The number of sulfone groups is 1. The third-order valence-corrected chi connectivity index (χ3v) is 7.32. The molecule has 0 heterocycles. The molecule has 0 aliphatic carbocycles. The van der Waals surface area contributed by atoms with E-state index in [4.69, 9.17) is 5.73 Å². The van der Waals surface area contributed by atoms with Crippen LogP contribution in [0.5, 0.6) is 0 Å². The Morgan fingerprint density at radius 1 is 0.769 bits per heavy atom. The largest absolute Gasteiger partial charge is 0.308 e. The summed E-state index contributed by atoms with van der Waals surface area (Å²) in [4.78, 5) is -1.32. The first kappa shape index (κ1) is 18.8. The van der Waals surface area contributed by atoms with Gasteiger partial charge in [-0.25, -0.2) is 8.42 Å². The van der Waals surface area contributed by atoms with Crippen molar-refractivity contribution >= 4 is 25.8 Å². The van der Waals surface area contributed by atoms with Crippen LogP contribution >= 0.6 is 15.9 Å². The molecule has 3 aromatic rings. The lowest BCUT2D eigenvalue weighted by Crippen LogP contribution is -2.46. The SMILES string of the molecule is NC(Cc1ccccc1)(c1ccccc1)S(=O)(=O)c1ccc(CBr)cc1. The monoisotopic (exact) mass is 429 g/mol. The highest BCUT2D eigenvalue weighted by Crippen LogP contribution is 2.34. The smallest absolute Gasteiger partial charge is 0.201 e. The first-order valence-corrected chi connectivity index (χ1v) is 10.9. The molecule has 1 unspecified atom stereocenters. The topological polar surface area (TPSA) is 60.2 Å². The second-order valence-electron chi connectivity index (χ2n) is 6.20. The van der Waals surface area contributed by atoms with Crippen molar-refractivity contribution in [3.05, 3.63) is 102 Å². The maximum Gasteiger partial charge on any atom is 0.201 e. The van der Waals surface area contributed by atoms with Gasteiger partial charge in [0, 0.05) is 11.8 Å². The molecule has 0 aliphatic rings. The van der Waals surface area contributed by atoms with E-state index in [0.717, 1.165) is 11.1 Å². The second kappa shape index (κ2) is 7.74. The van der Waals surface area contributed by atoms with E-state index in [9.17, 15) is 8.42 Å². The Kier molecular flexibility index (Phi) is 5.61. The summed E-state index contributed by atoms with van der Waals surface area (Å²) in [5.74, 6) is 0. The summed E-state index contributed by atoms with van der Waals surface area (Å²) in [6.07, 6.45) is 0.195. The molecule has 0 fully saturated rings. The van der Waals surface area contributed by atoms with Crippen LogP contribution in [-0.4, -0.2) is 8.42 Å². The van der Waals surface area contributed by atoms with Crippen LogP contribution in [0.15, 0.2) is 89.8 Å². The van der Waals surface area contributed by atoms with Gasteiger partial charge in [-0.2, -0.15) is 0 Å². The fourth-order valence-electron chi connectivity index (χ4n) is 2.94. The van der Waals surface area contributed by atoms with E-state index < -0.39 is 14.7 Å². The molecule has 3 rings (SSSR count). The molecule has 0 saturated heterocycles. The van der Waals surface area contributed by atoms with Gasteiger partial charge >= 0.3 is 0 Å². The van der Waals surface area contributed by atoms with Crippen LogP contribution in [0.25, 0.3) is 0 Å². The highest BCUT2D eigenvalue weighted by atomic mass is 79.9. The van der Waals surface area contributed by atoms with Gasteiger partial charge < -0.3 is 5.73 Å². The van der Waals surface area contributed by atoms with E-state index in [1.165, 1.54) is 0 Å². The molecule has 134 valence electrons. The Balaban J connectivity index is 2.12. The van der Waals surface area contributed by atoms with Crippen molar-refractivity contribution in [2.24, 2.45) is 5.73 Å². The van der Waals surface area contributed by atoms with Crippen molar-refractivity contribution in [1.29, 1.82) is 0 Å². The Hall–Kier alpha value is -1.95. The van der Waals surface area contributed by atoms with Crippen molar-refractivity contribution in [2.75, 3.05) is 0 Å². The van der Waals surface area contributed by atoms with Crippen LogP contribution in [0.3, 0.4) is 0 Å². The van der Waals surface area contributed by atoms with Gasteiger partial charge in [0.2, 0.25) is 9.84 Å². The van der Waals surface area contributed by atoms with Crippen LogP contribution in [0.1, 0.15) is 16.7 Å². The predicted octanol–water partition coefficient (Wildman–Crippen LogP) is 4.41. The lowest BCUT2D eigenvalue weighted by Gasteiger charge is -2.30. The molecule has 3 aromatic carbocycles. The number of hydrogen-bond acceptors (Lipinski definition) is 3. The zero-order chi connectivity index (χ0) is 18.6. The van der Waals surface area contributed by atoms with Crippen LogP contribution in [0.2, 0.25) is 0 Å². The van der Waals surface area contributed by atoms with Crippen molar-refractivity contribution in [3.8, 4) is 0 Å². The minimum Gasteiger partial charge on any atom is -0.308 e. The van der Waals surface area contributed by atoms with E-state index in [2.05, 4.69) is 15.9 Å². The molecule has 1 atom stereocenters. The maximum atomic E-state index is 13.5. The lowest BCUT2D eigenvalue weighted by molar-refractivity contribution is 0.523. The zero-order valence-electron chi connectivity index (χ0n) is 14.2. The molecule has 3 nitrogen and oxygen atoms in total. The number of alkyl halides is 1. The molecular formula is C21H20BrNO2S. The third-order valence-electron chi connectivity index (χ3n) is 4.44. The highest BCUT2D eigenvalue weighted by molar-refractivity contribution is 9.08. The fraction of sp³-hybridized carbons (Fsp3) is 0.143. The van der Waals surface area contributed by atoms with Crippen molar-refractivity contribution in [3.63, 3.8) is 0 Å². The van der Waals surface area contributed by atoms with Gasteiger partial charge in [-0.15, -0.1) is 0 Å². The third kappa shape index (κ3) is 3.61. The summed E-state index contributed by atoms with van der Waals surface area (Å²) in [6, 6.07) is 25.3. The molecule has 0 amide bonds.